The van der Waals surface area contributed by atoms with E-state index in [4.69, 9.17) is 28.6 Å². The van der Waals surface area contributed by atoms with Crippen LogP contribution in [0.1, 0.15) is 11.1 Å². The van der Waals surface area contributed by atoms with Gasteiger partial charge in [0.1, 0.15) is 16.1 Å². The summed E-state index contributed by atoms with van der Waals surface area (Å²) in [7, 11) is 0. The third-order valence-electron chi connectivity index (χ3n) is 5.38. The second-order valence-corrected chi connectivity index (χ2v) is 10.1. The van der Waals surface area contributed by atoms with E-state index in [9.17, 15) is 19.5 Å². The van der Waals surface area contributed by atoms with Crippen molar-refractivity contribution in [3.63, 3.8) is 0 Å². The number of carboxylic acid groups (broad SMARTS) is 1. The van der Waals surface area contributed by atoms with E-state index in [1.165, 1.54) is 0 Å². The fourth-order valence-corrected chi connectivity index (χ4v) is 5.09. The minimum Gasteiger partial charge on any atom is -0.483 e. The molecule has 1 saturated heterocycles. The van der Waals surface area contributed by atoms with Crippen molar-refractivity contribution in [1.29, 1.82) is 0 Å². The number of rotatable bonds is 9. The van der Waals surface area contributed by atoms with Gasteiger partial charge in [-0.15, -0.1) is 0 Å². The highest BCUT2D eigenvalue weighted by Crippen LogP contribution is 2.36. The van der Waals surface area contributed by atoms with Crippen LogP contribution in [0.15, 0.2) is 83.8 Å². The second kappa shape index (κ2) is 12.1. The number of halogens is 1. The lowest BCUT2D eigenvalue weighted by atomic mass is 10.0. The molecule has 0 aliphatic carbocycles. The highest BCUT2D eigenvalue weighted by Gasteiger charge is 2.40. The summed E-state index contributed by atoms with van der Waals surface area (Å²) in [6.45, 7) is -0.257. The quantitative estimate of drug-likeness (QED) is 0.276. The number of aliphatic carboxylic acids is 1. The van der Waals surface area contributed by atoms with E-state index in [1.807, 2.05) is 18.2 Å². The molecule has 1 atom stereocenters. The van der Waals surface area contributed by atoms with Crippen molar-refractivity contribution in [1.82, 2.24) is 4.90 Å². The van der Waals surface area contributed by atoms with E-state index in [1.54, 1.807) is 66.7 Å². The average molecular weight is 553 g/mol. The number of thioether (sulfide) groups is 1. The lowest BCUT2D eigenvalue weighted by molar-refractivity contribution is -0.145. The Morgan fingerprint density at radius 1 is 1.05 bits per heavy atom. The van der Waals surface area contributed by atoms with Crippen molar-refractivity contribution in [2.45, 2.75) is 12.5 Å². The van der Waals surface area contributed by atoms with Gasteiger partial charge in [0, 0.05) is 22.7 Å². The number of benzene rings is 3. The molecule has 0 radical (unpaired) electrons. The van der Waals surface area contributed by atoms with E-state index in [2.05, 4.69) is 5.32 Å². The normalized spacial score (nSPS) is 15.1. The number of carbonyl (C=O) groups is 3. The topological polar surface area (TPSA) is 95.9 Å². The molecule has 2 amide bonds. The van der Waals surface area contributed by atoms with Gasteiger partial charge < -0.3 is 15.2 Å². The number of nitrogens with one attached hydrogen (secondary N) is 1. The molecular formula is C27H21ClN2O5S2. The molecule has 1 aliphatic heterocycles. The lowest BCUT2D eigenvalue weighted by Gasteiger charge is -2.23. The van der Waals surface area contributed by atoms with Crippen LogP contribution < -0.4 is 10.1 Å². The van der Waals surface area contributed by atoms with Gasteiger partial charge in [0.2, 0.25) is 0 Å². The van der Waals surface area contributed by atoms with E-state index < -0.39 is 17.9 Å². The van der Waals surface area contributed by atoms with E-state index in [0.29, 0.717) is 22.0 Å². The molecule has 2 N–H and O–H groups in total. The maximum atomic E-state index is 13.2. The second-order valence-electron chi connectivity index (χ2n) is 7.98. The molecule has 37 heavy (non-hydrogen) atoms. The van der Waals surface area contributed by atoms with Crippen molar-refractivity contribution in [3.05, 3.63) is 99.9 Å². The van der Waals surface area contributed by atoms with Crippen molar-refractivity contribution in [2.24, 2.45) is 0 Å². The molecule has 1 fully saturated rings. The van der Waals surface area contributed by atoms with Gasteiger partial charge in [0.05, 0.1) is 4.91 Å². The smallest absolute Gasteiger partial charge is 0.327 e. The molecule has 0 bridgehead atoms. The molecule has 7 nitrogen and oxygen atoms in total. The van der Waals surface area contributed by atoms with Gasteiger partial charge in [-0.1, -0.05) is 84.1 Å². The van der Waals surface area contributed by atoms with Crippen molar-refractivity contribution < 1.29 is 24.2 Å². The molecule has 4 rings (SSSR count). The Labute approximate surface area is 228 Å². The van der Waals surface area contributed by atoms with Crippen LogP contribution in [0, 0.1) is 0 Å². The first-order valence-electron chi connectivity index (χ1n) is 11.1. The molecule has 3 aromatic carbocycles. The van der Waals surface area contributed by atoms with Crippen LogP contribution >= 0.6 is 35.6 Å². The number of para-hydroxylation sites is 1. The number of hydrogen-bond acceptors (Lipinski definition) is 6. The summed E-state index contributed by atoms with van der Waals surface area (Å²) >= 11 is 12.3. The molecule has 10 heteroatoms. The Morgan fingerprint density at radius 2 is 1.73 bits per heavy atom. The predicted molar refractivity (Wildman–Crippen MR) is 149 cm³/mol. The minimum atomic E-state index is -1.14. The summed E-state index contributed by atoms with van der Waals surface area (Å²) in [4.78, 5) is 39.0. The summed E-state index contributed by atoms with van der Waals surface area (Å²) in [5.41, 5.74) is 1.92. The van der Waals surface area contributed by atoms with Crippen LogP contribution in [0.4, 0.5) is 5.69 Å². The average Bonchev–Trinajstić information content (AvgIpc) is 3.16. The van der Waals surface area contributed by atoms with Gasteiger partial charge >= 0.3 is 5.97 Å². The van der Waals surface area contributed by atoms with Crippen LogP contribution in [-0.2, 0) is 20.8 Å². The van der Waals surface area contributed by atoms with Crippen LogP contribution in [0.3, 0.4) is 0 Å². The summed E-state index contributed by atoms with van der Waals surface area (Å²) in [5, 5.41) is 13.1. The Morgan fingerprint density at radius 3 is 2.43 bits per heavy atom. The maximum Gasteiger partial charge on any atom is 0.327 e. The maximum absolute atomic E-state index is 13.2. The van der Waals surface area contributed by atoms with E-state index >= 15 is 0 Å². The van der Waals surface area contributed by atoms with Crippen LogP contribution in [-0.4, -0.2) is 44.8 Å². The number of ether oxygens (including phenoxy) is 1. The van der Waals surface area contributed by atoms with Crippen molar-refractivity contribution in [3.8, 4) is 5.75 Å². The fraction of sp³-hybridized carbons (Fsp3) is 0.111. The molecule has 1 aliphatic rings. The third-order valence-corrected chi connectivity index (χ3v) is 6.97. The number of nitrogens with zero attached hydrogens (tertiary/aromatic N) is 1. The third kappa shape index (κ3) is 6.76. The zero-order chi connectivity index (χ0) is 26.4. The lowest BCUT2D eigenvalue weighted by Crippen LogP contribution is -2.45. The predicted octanol–water partition coefficient (Wildman–Crippen LogP) is 5.25. The standard InChI is InChI=1S/C27H21ClN2O5S2/c28-19-10-12-20(13-11-19)29-24(31)16-35-22-9-5-4-8-18(22)15-23-25(32)30(27(36)37-23)21(26(33)34)14-17-6-2-1-3-7-17/h1-13,15,21H,14,16H2,(H,29,31)(H,33,34)/b23-15-. The first kappa shape index (κ1) is 26.4. The largest absolute Gasteiger partial charge is 0.483 e. The van der Waals surface area contributed by atoms with Crippen molar-refractivity contribution in [2.75, 3.05) is 11.9 Å². The fourth-order valence-electron chi connectivity index (χ4n) is 3.62. The highest BCUT2D eigenvalue weighted by molar-refractivity contribution is 8.26. The number of thiocarbonyl (C=S) groups is 1. The van der Waals surface area contributed by atoms with Gasteiger partial charge in [-0.05, 0) is 42.0 Å². The summed E-state index contributed by atoms with van der Waals surface area (Å²) in [6.07, 6.45) is 1.71. The number of carbonyl (C=O) groups excluding carboxylic acids is 2. The molecule has 1 unspecified atom stereocenters. The van der Waals surface area contributed by atoms with Crippen molar-refractivity contribution >= 4 is 69.4 Å². The van der Waals surface area contributed by atoms with Gasteiger partial charge in [0.25, 0.3) is 11.8 Å². The number of hydrogen-bond donors (Lipinski definition) is 2. The molecule has 0 saturated carbocycles. The van der Waals surface area contributed by atoms with Crippen LogP contribution in [0.2, 0.25) is 5.02 Å². The monoisotopic (exact) mass is 552 g/mol. The number of anilines is 1. The number of carboxylic acids is 1. The van der Waals surface area contributed by atoms with E-state index in [-0.39, 0.29) is 28.2 Å². The van der Waals surface area contributed by atoms with Crippen LogP contribution in [0.5, 0.6) is 5.75 Å². The van der Waals surface area contributed by atoms with E-state index in [0.717, 1.165) is 22.2 Å². The minimum absolute atomic E-state index is 0.123. The Bertz CT molecular complexity index is 1360. The zero-order valence-corrected chi connectivity index (χ0v) is 21.7. The van der Waals surface area contributed by atoms with Gasteiger partial charge in [-0.2, -0.15) is 0 Å². The molecule has 0 spiro atoms. The Balaban J connectivity index is 1.48. The molecule has 188 valence electrons. The first-order chi connectivity index (χ1) is 17.8. The zero-order valence-electron chi connectivity index (χ0n) is 19.3. The Hall–Kier alpha value is -3.66. The summed E-state index contributed by atoms with van der Waals surface area (Å²) in [5.74, 6) is -1.61. The van der Waals surface area contributed by atoms with Gasteiger partial charge in [0.15, 0.2) is 6.61 Å². The molecule has 3 aromatic rings. The van der Waals surface area contributed by atoms with Gasteiger partial charge in [-0.25, -0.2) is 4.79 Å². The number of amides is 2. The molecule has 0 aromatic heterocycles. The van der Waals surface area contributed by atoms with Gasteiger partial charge in [-0.3, -0.25) is 14.5 Å². The Kier molecular flexibility index (Phi) is 8.60. The highest BCUT2D eigenvalue weighted by atomic mass is 35.5. The SMILES string of the molecule is O=C(COc1ccccc1/C=C1\SC(=S)N(C(Cc2ccccc2)C(=O)O)C1=O)Nc1ccc(Cl)cc1. The summed E-state index contributed by atoms with van der Waals surface area (Å²) in [6, 6.07) is 21.5. The summed E-state index contributed by atoms with van der Waals surface area (Å²) < 4.78 is 5.88. The molecular weight excluding hydrogens is 532 g/mol. The van der Waals surface area contributed by atoms with Crippen LogP contribution in [0.25, 0.3) is 6.08 Å². The first-order valence-corrected chi connectivity index (χ1v) is 12.7. The molecule has 1 heterocycles.